The van der Waals surface area contributed by atoms with E-state index >= 15 is 0 Å². The van der Waals surface area contributed by atoms with Gasteiger partial charge in [0.1, 0.15) is 0 Å². The van der Waals surface area contributed by atoms with Crippen LogP contribution in [0.3, 0.4) is 0 Å². The summed E-state index contributed by atoms with van der Waals surface area (Å²) in [5.41, 5.74) is 3.61. The molecule has 2 aromatic rings. The fourth-order valence-corrected chi connectivity index (χ4v) is 3.65. The van der Waals surface area contributed by atoms with Crippen molar-refractivity contribution >= 4 is 38.9 Å². The molecule has 0 aliphatic heterocycles. The molecule has 1 atom stereocenters. The zero-order valence-corrected chi connectivity index (χ0v) is 12.8. The molecule has 0 fully saturated rings. The van der Waals surface area contributed by atoms with Gasteiger partial charge >= 0.3 is 0 Å². The molecule has 0 radical (unpaired) electrons. The minimum absolute atomic E-state index is 0.175. The van der Waals surface area contributed by atoms with Crippen LogP contribution in [0, 0.1) is 6.92 Å². The zero-order valence-electron chi connectivity index (χ0n) is 9.63. The first-order valence-corrected chi connectivity index (χ1v) is 7.40. The lowest BCUT2D eigenvalue weighted by molar-refractivity contribution is 0.687. The van der Waals surface area contributed by atoms with Crippen LogP contribution < -0.4 is 5.32 Å². The van der Waals surface area contributed by atoms with Crippen molar-refractivity contribution in [3.63, 3.8) is 0 Å². The number of rotatable bonds is 3. The molecule has 0 amide bonds. The van der Waals surface area contributed by atoms with Crippen molar-refractivity contribution in [2.75, 3.05) is 7.05 Å². The first kappa shape index (κ1) is 13.1. The summed E-state index contributed by atoms with van der Waals surface area (Å²) in [7, 11) is 1.97. The second-order valence-electron chi connectivity index (χ2n) is 3.85. The fraction of sp³-hybridized carbons (Fsp3) is 0.231. The van der Waals surface area contributed by atoms with Gasteiger partial charge < -0.3 is 5.32 Å². The molecule has 1 unspecified atom stereocenters. The molecule has 1 aromatic heterocycles. The topological polar surface area (TPSA) is 12.0 Å². The molecule has 1 heterocycles. The van der Waals surface area contributed by atoms with Gasteiger partial charge in [-0.25, -0.2) is 0 Å². The summed E-state index contributed by atoms with van der Waals surface area (Å²) >= 11 is 11.5. The second-order valence-corrected chi connectivity index (χ2v) is 5.86. The minimum Gasteiger partial charge on any atom is -0.309 e. The average Bonchev–Trinajstić information content (AvgIpc) is 2.72. The minimum atomic E-state index is 0.175. The van der Waals surface area contributed by atoms with E-state index in [1.165, 1.54) is 11.1 Å². The van der Waals surface area contributed by atoms with Crippen molar-refractivity contribution in [1.82, 2.24) is 5.32 Å². The highest BCUT2D eigenvalue weighted by atomic mass is 79.9. The lowest BCUT2D eigenvalue weighted by Crippen LogP contribution is -2.18. The molecule has 90 valence electrons. The van der Waals surface area contributed by atoms with Gasteiger partial charge in [0.2, 0.25) is 0 Å². The van der Waals surface area contributed by atoms with Crippen LogP contribution in [0.1, 0.15) is 22.7 Å². The zero-order chi connectivity index (χ0) is 12.4. The Morgan fingerprint density at radius 3 is 2.65 bits per heavy atom. The van der Waals surface area contributed by atoms with Crippen molar-refractivity contribution < 1.29 is 0 Å². The van der Waals surface area contributed by atoms with E-state index in [0.29, 0.717) is 0 Å². The Bertz CT molecular complexity index is 524. The molecule has 0 saturated heterocycles. The van der Waals surface area contributed by atoms with Crippen molar-refractivity contribution in [2.45, 2.75) is 13.0 Å². The van der Waals surface area contributed by atoms with Crippen LogP contribution in [-0.4, -0.2) is 7.05 Å². The number of hydrogen-bond acceptors (Lipinski definition) is 2. The third kappa shape index (κ3) is 2.58. The van der Waals surface area contributed by atoms with Gasteiger partial charge in [-0.05, 0) is 58.0 Å². The van der Waals surface area contributed by atoms with Gasteiger partial charge in [0.05, 0.1) is 6.04 Å². The first-order valence-electron chi connectivity index (χ1n) is 5.29. The fourth-order valence-electron chi connectivity index (χ4n) is 1.91. The van der Waals surface area contributed by atoms with Gasteiger partial charge in [0.15, 0.2) is 0 Å². The van der Waals surface area contributed by atoms with E-state index < -0.39 is 0 Å². The lowest BCUT2D eigenvalue weighted by atomic mass is 9.97. The van der Waals surface area contributed by atoms with Crippen LogP contribution in [0.5, 0.6) is 0 Å². The Morgan fingerprint density at radius 1 is 1.29 bits per heavy atom. The van der Waals surface area contributed by atoms with Crippen LogP contribution >= 0.6 is 38.9 Å². The summed E-state index contributed by atoms with van der Waals surface area (Å²) in [4.78, 5) is 0. The van der Waals surface area contributed by atoms with Crippen LogP contribution in [0.4, 0.5) is 0 Å². The molecule has 1 aromatic carbocycles. The van der Waals surface area contributed by atoms with Gasteiger partial charge in [-0.15, -0.1) is 0 Å². The largest absolute Gasteiger partial charge is 0.309 e. The number of nitrogens with one attached hydrogen (secondary N) is 1. The predicted molar refractivity (Wildman–Crippen MR) is 79.1 cm³/mol. The maximum Gasteiger partial charge on any atom is 0.0596 e. The maximum atomic E-state index is 6.18. The molecule has 0 bridgehead atoms. The van der Waals surface area contributed by atoms with Crippen LogP contribution in [0.15, 0.2) is 33.4 Å². The standard InChI is InChI=1S/C13H13BrClNS/c1-8-9(4-3-5-12(8)15)13(16-2)10-6-17-7-11(10)14/h3-7,13,16H,1-2H3. The van der Waals surface area contributed by atoms with Gasteiger partial charge in [0.25, 0.3) is 0 Å². The molecular formula is C13H13BrClNS. The molecular weight excluding hydrogens is 318 g/mol. The summed E-state index contributed by atoms with van der Waals surface area (Å²) in [5, 5.41) is 8.42. The van der Waals surface area contributed by atoms with Gasteiger partial charge in [0, 0.05) is 14.9 Å². The van der Waals surface area contributed by atoms with Gasteiger partial charge in [-0.2, -0.15) is 11.3 Å². The maximum absolute atomic E-state index is 6.18. The smallest absolute Gasteiger partial charge is 0.0596 e. The van der Waals surface area contributed by atoms with E-state index in [2.05, 4.69) is 45.0 Å². The summed E-state index contributed by atoms with van der Waals surface area (Å²) in [6.45, 7) is 2.06. The Kier molecular flexibility index (Phi) is 4.26. The molecule has 0 aliphatic carbocycles. The van der Waals surface area contributed by atoms with E-state index in [4.69, 9.17) is 11.6 Å². The van der Waals surface area contributed by atoms with Crippen molar-refractivity contribution in [2.24, 2.45) is 0 Å². The monoisotopic (exact) mass is 329 g/mol. The SMILES string of the molecule is CNC(c1cscc1Br)c1cccc(Cl)c1C. The van der Waals surface area contributed by atoms with Gasteiger partial charge in [-0.1, -0.05) is 23.7 Å². The summed E-state index contributed by atoms with van der Waals surface area (Å²) in [5.74, 6) is 0. The van der Waals surface area contributed by atoms with E-state index in [0.717, 1.165) is 15.1 Å². The molecule has 2 rings (SSSR count). The molecule has 1 nitrogen and oxygen atoms in total. The number of benzene rings is 1. The quantitative estimate of drug-likeness (QED) is 0.854. The lowest BCUT2D eigenvalue weighted by Gasteiger charge is -2.19. The van der Waals surface area contributed by atoms with E-state index in [1.807, 2.05) is 19.2 Å². The van der Waals surface area contributed by atoms with Crippen LogP contribution in [-0.2, 0) is 0 Å². The molecule has 0 spiro atoms. The van der Waals surface area contributed by atoms with Crippen molar-refractivity contribution in [3.8, 4) is 0 Å². The Morgan fingerprint density at radius 2 is 2.06 bits per heavy atom. The molecule has 0 aliphatic rings. The van der Waals surface area contributed by atoms with E-state index in [9.17, 15) is 0 Å². The second kappa shape index (κ2) is 5.53. The first-order chi connectivity index (χ1) is 8.15. The Balaban J connectivity index is 2.50. The highest BCUT2D eigenvalue weighted by Crippen LogP contribution is 2.34. The summed E-state index contributed by atoms with van der Waals surface area (Å²) in [6, 6.07) is 6.21. The average molecular weight is 331 g/mol. The van der Waals surface area contributed by atoms with Crippen molar-refractivity contribution in [3.05, 3.63) is 55.1 Å². The van der Waals surface area contributed by atoms with E-state index in [-0.39, 0.29) is 6.04 Å². The molecule has 1 N–H and O–H groups in total. The third-order valence-electron chi connectivity index (χ3n) is 2.86. The number of halogens is 2. The van der Waals surface area contributed by atoms with Gasteiger partial charge in [-0.3, -0.25) is 0 Å². The third-order valence-corrected chi connectivity index (χ3v) is 5.02. The Hall–Kier alpha value is -0.350. The Labute approximate surface area is 119 Å². The highest BCUT2D eigenvalue weighted by Gasteiger charge is 2.18. The van der Waals surface area contributed by atoms with E-state index in [1.54, 1.807) is 11.3 Å². The molecule has 17 heavy (non-hydrogen) atoms. The van der Waals surface area contributed by atoms with Crippen LogP contribution in [0.2, 0.25) is 5.02 Å². The molecule has 4 heteroatoms. The summed E-state index contributed by atoms with van der Waals surface area (Å²) < 4.78 is 1.14. The normalized spacial score (nSPS) is 12.7. The number of hydrogen-bond donors (Lipinski definition) is 1. The molecule has 0 saturated carbocycles. The summed E-state index contributed by atoms with van der Waals surface area (Å²) in [6.07, 6.45) is 0. The number of thiophene rings is 1. The predicted octanol–water partition coefficient (Wildman–Crippen LogP) is 4.78. The van der Waals surface area contributed by atoms with Crippen molar-refractivity contribution in [1.29, 1.82) is 0 Å². The van der Waals surface area contributed by atoms with Crippen LogP contribution in [0.25, 0.3) is 0 Å². The highest BCUT2D eigenvalue weighted by molar-refractivity contribution is 9.10.